The molecule has 3 heterocycles. The molecule has 1 aliphatic rings. The van der Waals surface area contributed by atoms with E-state index in [1.165, 1.54) is 0 Å². The fourth-order valence-corrected chi connectivity index (χ4v) is 2.66. The Kier molecular flexibility index (Phi) is 2.70. The van der Waals surface area contributed by atoms with Gasteiger partial charge >= 0.3 is 0 Å². The lowest BCUT2D eigenvalue weighted by Crippen LogP contribution is -2.46. The van der Waals surface area contributed by atoms with Crippen LogP contribution in [0.2, 0.25) is 0 Å². The van der Waals surface area contributed by atoms with Crippen molar-refractivity contribution in [2.24, 2.45) is 5.73 Å². The molecule has 18 heavy (non-hydrogen) atoms. The Morgan fingerprint density at radius 3 is 3.00 bits per heavy atom. The van der Waals surface area contributed by atoms with E-state index in [2.05, 4.69) is 34.9 Å². The van der Waals surface area contributed by atoms with Crippen molar-refractivity contribution in [1.29, 1.82) is 0 Å². The second-order valence-electron chi connectivity index (χ2n) is 5.20. The fraction of sp³-hybridized carbons (Fsp3) is 0.538. The maximum absolute atomic E-state index is 5.99. The summed E-state index contributed by atoms with van der Waals surface area (Å²) in [5.74, 6) is 0.823. The van der Waals surface area contributed by atoms with E-state index < -0.39 is 0 Å². The average Bonchev–Trinajstić information content (AvgIpc) is 2.74. The van der Waals surface area contributed by atoms with E-state index >= 15 is 0 Å². The first-order valence-corrected chi connectivity index (χ1v) is 6.49. The molecular formula is C13H19N5. The molecule has 2 aromatic rings. The van der Waals surface area contributed by atoms with Crippen LogP contribution in [0, 0.1) is 6.92 Å². The number of fused-ring (bicyclic) bond motifs is 1. The van der Waals surface area contributed by atoms with Crippen LogP contribution in [0.1, 0.15) is 25.3 Å². The number of aryl methyl sites for hydroxylation is 1. The molecule has 0 spiro atoms. The van der Waals surface area contributed by atoms with Crippen LogP contribution >= 0.6 is 0 Å². The Bertz CT molecular complexity index is 562. The van der Waals surface area contributed by atoms with Gasteiger partial charge in [0.1, 0.15) is 0 Å². The third-order valence-electron chi connectivity index (χ3n) is 3.72. The van der Waals surface area contributed by atoms with Crippen LogP contribution < -0.4 is 10.6 Å². The van der Waals surface area contributed by atoms with E-state index in [0.29, 0.717) is 12.1 Å². The number of aromatic nitrogens is 3. The number of anilines is 1. The van der Waals surface area contributed by atoms with Gasteiger partial charge in [0.05, 0.1) is 0 Å². The number of pyridine rings is 1. The number of hydrogen-bond acceptors (Lipinski definition) is 4. The van der Waals surface area contributed by atoms with Gasteiger partial charge in [-0.25, -0.2) is 4.52 Å². The van der Waals surface area contributed by atoms with Gasteiger partial charge in [-0.15, -0.1) is 5.10 Å². The number of nitrogens with two attached hydrogens (primary N) is 1. The molecule has 2 N–H and O–H groups in total. The van der Waals surface area contributed by atoms with Gasteiger partial charge in [0.15, 0.2) is 5.65 Å². The summed E-state index contributed by atoms with van der Waals surface area (Å²) in [7, 11) is 0. The molecule has 1 fully saturated rings. The van der Waals surface area contributed by atoms with Crippen molar-refractivity contribution in [1.82, 2.24) is 14.6 Å². The molecule has 3 rings (SSSR count). The van der Waals surface area contributed by atoms with Crippen molar-refractivity contribution in [2.75, 3.05) is 11.4 Å². The Hall–Kier alpha value is -1.62. The highest BCUT2D eigenvalue weighted by Crippen LogP contribution is 2.22. The highest BCUT2D eigenvalue weighted by atomic mass is 15.4. The molecule has 2 atom stereocenters. The monoisotopic (exact) mass is 245 g/mol. The molecule has 1 saturated heterocycles. The van der Waals surface area contributed by atoms with Crippen molar-refractivity contribution in [2.45, 2.75) is 38.8 Å². The summed E-state index contributed by atoms with van der Waals surface area (Å²) < 4.78 is 1.85. The Labute approximate surface area is 107 Å². The van der Waals surface area contributed by atoms with Crippen LogP contribution in [0.3, 0.4) is 0 Å². The molecule has 0 aromatic carbocycles. The van der Waals surface area contributed by atoms with Crippen LogP contribution in [0.5, 0.6) is 0 Å². The van der Waals surface area contributed by atoms with Crippen molar-refractivity contribution < 1.29 is 0 Å². The first kappa shape index (κ1) is 11.5. The molecule has 0 saturated carbocycles. The molecule has 96 valence electrons. The number of hydrogen-bond donors (Lipinski definition) is 1. The van der Waals surface area contributed by atoms with E-state index in [1.54, 1.807) is 0 Å². The number of nitrogens with zero attached hydrogens (tertiary/aromatic N) is 4. The Morgan fingerprint density at radius 2 is 2.28 bits per heavy atom. The predicted molar refractivity (Wildman–Crippen MR) is 71.7 cm³/mol. The van der Waals surface area contributed by atoms with Gasteiger partial charge in [-0.05, 0) is 38.3 Å². The van der Waals surface area contributed by atoms with Crippen LogP contribution in [0.25, 0.3) is 5.65 Å². The third kappa shape index (κ3) is 1.84. The minimum Gasteiger partial charge on any atom is -0.337 e. The maximum atomic E-state index is 5.99. The van der Waals surface area contributed by atoms with Gasteiger partial charge in [0, 0.05) is 24.8 Å². The molecule has 2 aromatic heterocycles. The number of rotatable bonds is 1. The van der Waals surface area contributed by atoms with Gasteiger partial charge in [0.25, 0.3) is 0 Å². The van der Waals surface area contributed by atoms with E-state index in [4.69, 9.17) is 5.73 Å². The summed E-state index contributed by atoms with van der Waals surface area (Å²) in [6, 6.07) is 4.78. The standard InChI is InChI=1S/C13H19N5/c1-9-4-3-6-18-12(9)15-13(16-18)17-7-5-11(14)8-10(17)2/h3-4,6,10-11H,5,7-8,14H2,1-2H3. The zero-order chi connectivity index (χ0) is 12.7. The summed E-state index contributed by atoms with van der Waals surface area (Å²) in [4.78, 5) is 6.91. The van der Waals surface area contributed by atoms with E-state index in [-0.39, 0.29) is 0 Å². The molecule has 0 radical (unpaired) electrons. The smallest absolute Gasteiger partial charge is 0.245 e. The average molecular weight is 245 g/mol. The zero-order valence-electron chi connectivity index (χ0n) is 10.9. The van der Waals surface area contributed by atoms with Gasteiger partial charge in [-0.3, -0.25) is 0 Å². The zero-order valence-corrected chi connectivity index (χ0v) is 10.9. The first-order valence-electron chi connectivity index (χ1n) is 6.49. The second-order valence-corrected chi connectivity index (χ2v) is 5.20. The second kappa shape index (κ2) is 4.24. The molecule has 0 aliphatic carbocycles. The molecule has 5 nitrogen and oxygen atoms in total. The van der Waals surface area contributed by atoms with E-state index in [1.807, 2.05) is 16.8 Å². The van der Waals surface area contributed by atoms with E-state index in [9.17, 15) is 0 Å². The lowest BCUT2D eigenvalue weighted by atomic mass is 10.00. The minimum atomic E-state index is 0.315. The van der Waals surface area contributed by atoms with Crippen LogP contribution in [-0.4, -0.2) is 33.2 Å². The number of piperidine rings is 1. The Morgan fingerprint density at radius 1 is 1.44 bits per heavy atom. The van der Waals surface area contributed by atoms with E-state index in [0.717, 1.165) is 36.5 Å². The van der Waals surface area contributed by atoms with Gasteiger partial charge in [-0.2, -0.15) is 4.98 Å². The summed E-state index contributed by atoms with van der Waals surface area (Å²) >= 11 is 0. The molecular weight excluding hydrogens is 226 g/mol. The maximum Gasteiger partial charge on any atom is 0.245 e. The first-order chi connectivity index (χ1) is 8.65. The highest BCUT2D eigenvalue weighted by Gasteiger charge is 2.26. The predicted octanol–water partition coefficient (Wildman–Crippen LogP) is 1.35. The van der Waals surface area contributed by atoms with Gasteiger partial charge in [0.2, 0.25) is 5.95 Å². The topological polar surface area (TPSA) is 59.5 Å². The molecule has 0 amide bonds. The molecule has 5 heteroatoms. The van der Waals surface area contributed by atoms with Crippen molar-refractivity contribution in [3.8, 4) is 0 Å². The summed E-state index contributed by atoms with van der Waals surface area (Å²) in [5, 5.41) is 4.56. The van der Waals surface area contributed by atoms with Crippen molar-refractivity contribution >= 4 is 11.6 Å². The summed E-state index contributed by atoms with van der Waals surface area (Å²) in [5.41, 5.74) is 8.08. The van der Waals surface area contributed by atoms with Crippen LogP contribution in [0.15, 0.2) is 18.3 Å². The molecule has 2 unspecified atom stereocenters. The van der Waals surface area contributed by atoms with Crippen molar-refractivity contribution in [3.63, 3.8) is 0 Å². The van der Waals surface area contributed by atoms with Crippen LogP contribution in [-0.2, 0) is 0 Å². The minimum absolute atomic E-state index is 0.315. The summed E-state index contributed by atoms with van der Waals surface area (Å²) in [6.07, 6.45) is 3.96. The quantitative estimate of drug-likeness (QED) is 0.824. The normalized spacial score (nSPS) is 24.7. The molecule has 1 aliphatic heterocycles. The SMILES string of the molecule is Cc1cccn2nc(N3CCC(N)CC3C)nc12. The third-order valence-corrected chi connectivity index (χ3v) is 3.72. The largest absolute Gasteiger partial charge is 0.337 e. The van der Waals surface area contributed by atoms with Crippen LogP contribution in [0.4, 0.5) is 5.95 Å². The molecule has 0 bridgehead atoms. The van der Waals surface area contributed by atoms with Crippen molar-refractivity contribution in [3.05, 3.63) is 23.9 Å². The lowest BCUT2D eigenvalue weighted by molar-refractivity contribution is 0.424. The van der Waals surface area contributed by atoms with Gasteiger partial charge in [-0.1, -0.05) is 6.07 Å². The Balaban J connectivity index is 1.97. The van der Waals surface area contributed by atoms with Gasteiger partial charge < -0.3 is 10.6 Å². The fourth-order valence-electron chi connectivity index (χ4n) is 2.66. The highest BCUT2D eigenvalue weighted by molar-refractivity contribution is 5.51. The lowest BCUT2D eigenvalue weighted by Gasteiger charge is -2.35. The summed E-state index contributed by atoms with van der Waals surface area (Å²) in [6.45, 7) is 5.19.